The molecule has 0 aromatic heterocycles. The lowest BCUT2D eigenvalue weighted by molar-refractivity contribution is -0.131. The largest absolute Gasteiger partial charge is 0.478 e. The Balaban J connectivity index is 4.32. The van der Waals surface area contributed by atoms with Crippen LogP contribution in [0, 0.1) is 0 Å². The molecule has 13 heavy (non-hydrogen) atoms. The van der Waals surface area contributed by atoms with Crippen molar-refractivity contribution in [2.24, 2.45) is 0 Å². The van der Waals surface area contributed by atoms with Crippen LogP contribution in [0.4, 0.5) is 0 Å². The van der Waals surface area contributed by atoms with Gasteiger partial charge in [0.2, 0.25) is 0 Å². The van der Waals surface area contributed by atoms with Gasteiger partial charge in [0.15, 0.2) is 16.6 Å². The maximum Gasteiger partial charge on any atom is 0.327 e. The van der Waals surface area contributed by atoms with Crippen molar-refractivity contribution in [3.05, 3.63) is 11.8 Å². The second-order valence-corrected chi connectivity index (χ2v) is 13.1. The molecule has 0 saturated heterocycles. The minimum Gasteiger partial charge on any atom is -0.478 e. The lowest BCUT2D eigenvalue weighted by Gasteiger charge is -2.28. The molecule has 1 N–H and O–H groups in total. The Morgan fingerprint density at radius 2 is 1.69 bits per heavy atom. The predicted octanol–water partition coefficient (Wildman–Crippen LogP) is 2.22. The molecule has 0 rings (SSSR count). The summed E-state index contributed by atoms with van der Waals surface area (Å²) in [7, 11) is -3.45. The van der Waals surface area contributed by atoms with Crippen molar-refractivity contribution >= 4 is 22.6 Å². The predicted molar refractivity (Wildman–Crippen MR) is 58.7 cm³/mol. The first-order chi connectivity index (χ1) is 5.62. The molecule has 0 saturated carbocycles. The Bertz CT molecular complexity index is 216. The average Bonchev–Trinajstić information content (AvgIpc) is 1.78. The number of carboxylic acid groups (broad SMARTS) is 1. The fraction of sp³-hybridized carbons (Fsp3) is 0.625. The normalized spacial score (nSPS) is 13.6. The zero-order valence-corrected chi connectivity index (χ0v) is 10.9. The summed E-state index contributed by atoms with van der Waals surface area (Å²) < 4.78 is 5.90. The third-order valence-electron chi connectivity index (χ3n) is 1.20. The maximum absolute atomic E-state index is 10.3. The van der Waals surface area contributed by atoms with E-state index < -0.39 is 22.6 Å². The third-order valence-corrected chi connectivity index (χ3v) is 6.72. The van der Waals surface area contributed by atoms with E-state index >= 15 is 0 Å². The number of hydrogen-bond donors (Lipinski definition) is 1. The van der Waals surface area contributed by atoms with Crippen molar-refractivity contribution in [3.63, 3.8) is 0 Å². The topological polar surface area (TPSA) is 46.5 Å². The standard InChI is InChI=1S/C8H18O3Si2/c1-12(2,3)11-13(4,5)7-6-8(9)10/h6-7H,1-5H3,(H,9,10). The van der Waals surface area contributed by atoms with Crippen molar-refractivity contribution < 1.29 is 14.0 Å². The lowest BCUT2D eigenvalue weighted by atomic mass is 10.7. The van der Waals surface area contributed by atoms with Crippen LogP contribution in [-0.4, -0.2) is 27.7 Å². The highest BCUT2D eigenvalue weighted by molar-refractivity contribution is 6.87. The second kappa shape index (κ2) is 4.21. The van der Waals surface area contributed by atoms with Gasteiger partial charge in [-0.05, 0) is 32.7 Å². The first-order valence-electron chi connectivity index (χ1n) is 4.25. The maximum atomic E-state index is 10.3. The van der Waals surface area contributed by atoms with Gasteiger partial charge in [-0.3, -0.25) is 0 Å². The van der Waals surface area contributed by atoms with Crippen LogP contribution < -0.4 is 0 Å². The van der Waals surface area contributed by atoms with Gasteiger partial charge in [0.25, 0.3) is 0 Å². The van der Waals surface area contributed by atoms with Gasteiger partial charge < -0.3 is 9.22 Å². The van der Waals surface area contributed by atoms with Crippen molar-refractivity contribution in [2.75, 3.05) is 0 Å². The molecule has 0 aliphatic carbocycles. The molecule has 0 aromatic carbocycles. The highest BCUT2D eigenvalue weighted by atomic mass is 28.4. The summed E-state index contributed by atoms with van der Waals surface area (Å²) in [6.07, 6.45) is 1.19. The molecule has 76 valence electrons. The van der Waals surface area contributed by atoms with Crippen LogP contribution in [-0.2, 0) is 8.91 Å². The summed E-state index contributed by atoms with van der Waals surface area (Å²) >= 11 is 0. The van der Waals surface area contributed by atoms with Crippen molar-refractivity contribution in [2.45, 2.75) is 32.7 Å². The SMILES string of the molecule is C[Si](C)(C)O[Si](C)(C)C=CC(=O)O. The zero-order valence-electron chi connectivity index (χ0n) is 8.92. The van der Waals surface area contributed by atoms with Crippen LogP contribution in [0.1, 0.15) is 0 Å². The highest BCUT2D eigenvalue weighted by Crippen LogP contribution is 2.14. The highest BCUT2D eigenvalue weighted by Gasteiger charge is 2.27. The molecular weight excluding hydrogens is 200 g/mol. The number of carbonyl (C=O) groups is 1. The summed E-state index contributed by atoms with van der Waals surface area (Å²) in [5, 5.41) is 8.47. The summed E-state index contributed by atoms with van der Waals surface area (Å²) in [6, 6.07) is 0. The molecule has 3 nitrogen and oxygen atoms in total. The van der Waals surface area contributed by atoms with Crippen LogP contribution in [0.3, 0.4) is 0 Å². The Kier molecular flexibility index (Phi) is 4.08. The van der Waals surface area contributed by atoms with E-state index in [0.29, 0.717) is 0 Å². The van der Waals surface area contributed by atoms with Gasteiger partial charge in [0, 0.05) is 6.08 Å². The van der Waals surface area contributed by atoms with Crippen molar-refractivity contribution in [1.82, 2.24) is 0 Å². The van der Waals surface area contributed by atoms with Crippen molar-refractivity contribution in [1.29, 1.82) is 0 Å². The molecule has 0 heterocycles. The number of rotatable bonds is 4. The summed E-state index contributed by atoms with van der Waals surface area (Å²) in [4.78, 5) is 10.3. The lowest BCUT2D eigenvalue weighted by Crippen LogP contribution is -2.41. The monoisotopic (exact) mass is 218 g/mol. The molecule has 0 spiro atoms. The molecule has 0 aliphatic rings. The van der Waals surface area contributed by atoms with Crippen LogP contribution >= 0.6 is 0 Å². The number of carboxylic acids is 1. The molecule has 0 aliphatic heterocycles. The quantitative estimate of drug-likeness (QED) is 0.581. The fourth-order valence-electron chi connectivity index (χ4n) is 1.10. The van der Waals surface area contributed by atoms with Gasteiger partial charge in [-0.1, -0.05) is 5.70 Å². The van der Waals surface area contributed by atoms with Crippen LogP contribution in [0.2, 0.25) is 32.7 Å². The smallest absolute Gasteiger partial charge is 0.327 e. The third kappa shape index (κ3) is 7.95. The minimum absolute atomic E-state index is 0.903. The van der Waals surface area contributed by atoms with Gasteiger partial charge in [-0.2, -0.15) is 0 Å². The fourth-order valence-corrected chi connectivity index (χ4v) is 8.22. The van der Waals surface area contributed by atoms with Crippen LogP contribution in [0.25, 0.3) is 0 Å². The summed E-state index contributed by atoms with van der Waals surface area (Å²) in [5.41, 5.74) is 1.72. The van der Waals surface area contributed by atoms with E-state index in [4.69, 9.17) is 9.22 Å². The van der Waals surface area contributed by atoms with E-state index in [1.54, 1.807) is 5.70 Å². The van der Waals surface area contributed by atoms with Gasteiger partial charge in [-0.15, -0.1) is 0 Å². The van der Waals surface area contributed by atoms with E-state index in [-0.39, 0.29) is 0 Å². The van der Waals surface area contributed by atoms with Crippen LogP contribution in [0.5, 0.6) is 0 Å². The van der Waals surface area contributed by atoms with Crippen LogP contribution in [0.15, 0.2) is 11.8 Å². The molecular formula is C8H18O3Si2. The Morgan fingerprint density at radius 3 is 2.00 bits per heavy atom. The van der Waals surface area contributed by atoms with E-state index in [1.807, 2.05) is 13.1 Å². The molecule has 0 amide bonds. The molecule has 0 fully saturated rings. The second-order valence-electron chi connectivity index (χ2n) is 4.49. The van der Waals surface area contributed by atoms with E-state index in [1.165, 1.54) is 6.08 Å². The number of aliphatic carboxylic acids is 1. The zero-order chi connectivity index (χ0) is 10.7. The Labute approximate surface area is 81.7 Å². The van der Waals surface area contributed by atoms with Gasteiger partial charge in [-0.25, -0.2) is 4.79 Å². The van der Waals surface area contributed by atoms with E-state index in [2.05, 4.69) is 19.6 Å². The van der Waals surface area contributed by atoms with Crippen molar-refractivity contribution in [3.8, 4) is 0 Å². The first-order valence-corrected chi connectivity index (χ1v) is 10.6. The van der Waals surface area contributed by atoms with Gasteiger partial charge in [0.1, 0.15) is 0 Å². The molecule has 0 radical (unpaired) electrons. The van der Waals surface area contributed by atoms with E-state index in [0.717, 1.165) is 0 Å². The summed E-state index contributed by atoms with van der Waals surface area (Å²) in [6.45, 7) is 10.3. The minimum atomic E-state index is -1.90. The molecule has 0 bridgehead atoms. The number of hydrogen-bond acceptors (Lipinski definition) is 2. The molecule has 0 atom stereocenters. The Hall–Kier alpha value is -0.396. The first kappa shape index (κ1) is 12.6. The summed E-state index contributed by atoms with van der Waals surface area (Å²) in [5.74, 6) is -0.903. The average molecular weight is 218 g/mol. The molecule has 5 heteroatoms. The van der Waals surface area contributed by atoms with E-state index in [9.17, 15) is 4.79 Å². The molecule has 0 aromatic rings. The molecule has 0 unspecified atom stereocenters. The van der Waals surface area contributed by atoms with Gasteiger partial charge >= 0.3 is 5.97 Å². The Morgan fingerprint density at radius 1 is 1.23 bits per heavy atom. The van der Waals surface area contributed by atoms with Gasteiger partial charge in [0.05, 0.1) is 0 Å².